The molecule has 24 heavy (non-hydrogen) atoms. The molecule has 2 atom stereocenters. The second-order valence-corrected chi connectivity index (χ2v) is 6.71. The summed E-state index contributed by atoms with van der Waals surface area (Å²) >= 11 is 0. The molecule has 1 fully saturated rings. The quantitative estimate of drug-likeness (QED) is 0.744. The van der Waals surface area contributed by atoms with Gasteiger partial charge in [0.05, 0.1) is 6.10 Å². The fourth-order valence-corrected chi connectivity index (χ4v) is 2.86. The Labute approximate surface area is 144 Å². The average molecular weight is 334 g/mol. The van der Waals surface area contributed by atoms with Gasteiger partial charge < -0.3 is 20.6 Å². The van der Waals surface area contributed by atoms with Crippen molar-refractivity contribution >= 4 is 11.8 Å². The minimum Gasteiger partial charge on any atom is -0.391 e. The van der Waals surface area contributed by atoms with Crippen LogP contribution in [0.3, 0.4) is 0 Å². The Morgan fingerprint density at radius 3 is 2.75 bits per heavy atom. The third-order valence-corrected chi connectivity index (χ3v) is 4.80. The molecule has 1 aliphatic rings. The van der Waals surface area contributed by atoms with E-state index in [4.69, 9.17) is 0 Å². The van der Waals surface area contributed by atoms with Crippen LogP contribution in [0.25, 0.3) is 0 Å². The molecule has 2 heterocycles. The van der Waals surface area contributed by atoms with E-state index in [1.807, 2.05) is 39.0 Å². The van der Waals surface area contributed by atoms with Crippen molar-refractivity contribution in [1.82, 2.24) is 15.6 Å². The number of rotatable bonds is 6. The maximum absolute atomic E-state index is 12.0. The molecule has 1 saturated heterocycles. The molecule has 134 valence electrons. The number of aryl methyl sites for hydroxylation is 1. The van der Waals surface area contributed by atoms with E-state index >= 15 is 0 Å². The molecule has 1 aromatic heterocycles. The molecule has 6 heteroatoms. The van der Waals surface area contributed by atoms with Gasteiger partial charge in [-0.25, -0.2) is 9.78 Å². The lowest BCUT2D eigenvalue weighted by molar-refractivity contribution is 0.114. The normalized spacial score (nSPS) is 18.1. The molecule has 0 aliphatic carbocycles. The van der Waals surface area contributed by atoms with E-state index in [2.05, 4.69) is 20.5 Å². The zero-order valence-corrected chi connectivity index (χ0v) is 15.0. The lowest BCUT2D eigenvalue weighted by atomic mass is 10.0. The van der Waals surface area contributed by atoms with Crippen molar-refractivity contribution in [3.63, 3.8) is 0 Å². The molecule has 6 nitrogen and oxygen atoms in total. The lowest BCUT2D eigenvalue weighted by Gasteiger charge is -2.33. The summed E-state index contributed by atoms with van der Waals surface area (Å²) < 4.78 is 0. The van der Waals surface area contributed by atoms with Gasteiger partial charge in [0, 0.05) is 31.4 Å². The zero-order chi connectivity index (χ0) is 17.5. The highest BCUT2D eigenvalue weighted by Crippen LogP contribution is 2.18. The number of urea groups is 1. The molecule has 2 unspecified atom stereocenters. The molecule has 3 N–H and O–H groups in total. The van der Waals surface area contributed by atoms with Crippen LogP contribution in [0.5, 0.6) is 0 Å². The first-order chi connectivity index (χ1) is 11.5. The number of nitrogens with one attached hydrogen (secondary N) is 2. The number of nitrogens with zero attached hydrogens (tertiary/aromatic N) is 2. The average Bonchev–Trinajstić information content (AvgIpc) is 2.59. The van der Waals surface area contributed by atoms with E-state index in [1.54, 1.807) is 0 Å². The number of pyridine rings is 1. The second kappa shape index (κ2) is 8.87. The van der Waals surface area contributed by atoms with Crippen molar-refractivity contribution in [2.24, 2.45) is 5.92 Å². The van der Waals surface area contributed by atoms with Crippen molar-refractivity contribution < 1.29 is 9.90 Å². The Balaban J connectivity index is 1.72. The number of carbonyl (C=O) groups is 1. The number of aliphatic hydroxyl groups is 1. The van der Waals surface area contributed by atoms with Crippen LogP contribution in [0.4, 0.5) is 10.6 Å². The highest BCUT2D eigenvalue weighted by molar-refractivity contribution is 5.74. The summed E-state index contributed by atoms with van der Waals surface area (Å²) in [5.41, 5.74) is 1.02. The Kier molecular flexibility index (Phi) is 6.85. The lowest BCUT2D eigenvalue weighted by Crippen LogP contribution is -2.49. The molecule has 2 amide bonds. The van der Waals surface area contributed by atoms with Crippen LogP contribution in [-0.4, -0.2) is 47.9 Å². The first-order valence-electron chi connectivity index (χ1n) is 8.90. The SMILES string of the molecule is CCC(C)C(O)CNC(=O)NC1CCN(c2cccc(C)n2)CC1. The second-order valence-electron chi connectivity index (χ2n) is 6.71. The van der Waals surface area contributed by atoms with Gasteiger partial charge in [0.15, 0.2) is 0 Å². The first kappa shape index (κ1) is 18.5. The summed E-state index contributed by atoms with van der Waals surface area (Å²) in [6, 6.07) is 6.04. The number of aromatic nitrogens is 1. The minimum absolute atomic E-state index is 0.173. The highest BCUT2D eigenvalue weighted by Gasteiger charge is 2.22. The van der Waals surface area contributed by atoms with Crippen LogP contribution in [-0.2, 0) is 0 Å². The standard InChI is InChI=1S/C18H30N4O2/c1-4-13(2)16(23)12-19-18(24)21-15-8-10-22(11-9-15)17-7-5-6-14(3)20-17/h5-7,13,15-16,23H,4,8-12H2,1-3H3,(H2,19,21,24). The number of piperidine rings is 1. The van der Waals surface area contributed by atoms with Crippen molar-refractivity contribution in [1.29, 1.82) is 0 Å². The zero-order valence-electron chi connectivity index (χ0n) is 15.0. The van der Waals surface area contributed by atoms with Crippen LogP contribution in [0.1, 0.15) is 38.8 Å². The maximum atomic E-state index is 12.0. The topological polar surface area (TPSA) is 77.5 Å². The third kappa shape index (κ3) is 5.37. The molecule has 1 aliphatic heterocycles. The van der Waals surface area contributed by atoms with E-state index < -0.39 is 6.10 Å². The van der Waals surface area contributed by atoms with E-state index in [0.29, 0.717) is 6.54 Å². The van der Waals surface area contributed by atoms with Gasteiger partial charge in [0.25, 0.3) is 0 Å². The molecular weight excluding hydrogens is 304 g/mol. The predicted octanol–water partition coefficient (Wildman–Crippen LogP) is 2.07. The number of carbonyl (C=O) groups excluding carboxylic acids is 1. The molecule has 0 bridgehead atoms. The van der Waals surface area contributed by atoms with E-state index in [9.17, 15) is 9.90 Å². The third-order valence-electron chi connectivity index (χ3n) is 4.80. The number of aliphatic hydroxyl groups excluding tert-OH is 1. The van der Waals surface area contributed by atoms with Gasteiger partial charge in [-0.1, -0.05) is 26.3 Å². The fraction of sp³-hybridized carbons (Fsp3) is 0.667. The Morgan fingerprint density at radius 2 is 2.12 bits per heavy atom. The Bertz CT molecular complexity index is 530. The van der Waals surface area contributed by atoms with Gasteiger partial charge >= 0.3 is 6.03 Å². The van der Waals surface area contributed by atoms with Gasteiger partial charge in [0.1, 0.15) is 5.82 Å². The highest BCUT2D eigenvalue weighted by atomic mass is 16.3. The van der Waals surface area contributed by atoms with Crippen molar-refractivity contribution in [2.75, 3.05) is 24.5 Å². The monoisotopic (exact) mass is 334 g/mol. The molecule has 1 aromatic rings. The van der Waals surface area contributed by atoms with E-state index in [-0.39, 0.29) is 18.0 Å². The molecular formula is C18H30N4O2. The molecule has 0 aromatic carbocycles. The van der Waals surface area contributed by atoms with Crippen LogP contribution in [0.2, 0.25) is 0 Å². The van der Waals surface area contributed by atoms with Crippen LogP contribution in [0.15, 0.2) is 18.2 Å². The predicted molar refractivity (Wildman–Crippen MR) is 96.2 cm³/mol. The fourth-order valence-electron chi connectivity index (χ4n) is 2.86. The van der Waals surface area contributed by atoms with E-state index in [1.165, 1.54) is 0 Å². The smallest absolute Gasteiger partial charge is 0.315 e. The minimum atomic E-state index is -0.491. The van der Waals surface area contributed by atoms with Gasteiger partial charge in [-0.05, 0) is 37.8 Å². The van der Waals surface area contributed by atoms with Crippen LogP contribution in [0, 0.1) is 12.8 Å². The van der Waals surface area contributed by atoms with Crippen molar-refractivity contribution in [3.8, 4) is 0 Å². The summed E-state index contributed by atoms with van der Waals surface area (Å²) in [7, 11) is 0. The van der Waals surface area contributed by atoms with E-state index in [0.717, 1.165) is 43.9 Å². The maximum Gasteiger partial charge on any atom is 0.315 e. The Morgan fingerprint density at radius 1 is 1.42 bits per heavy atom. The number of amides is 2. The molecule has 0 radical (unpaired) electrons. The summed E-state index contributed by atoms with van der Waals surface area (Å²) in [5.74, 6) is 1.20. The number of anilines is 1. The van der Waals surface area contributed by atoms with Crippen molar-refractivity contribution in [3.05, 3.63) is 23.9 Å². The van der Waals surface area contributed by atoms with Crippen LogP contribution >= 0.6 is 0 Å². The number of hydrogen-bond acceptors (Lipinski definition) is 4. The Hall–Kier alpha value is -1.82. The van der Waals surface area contributed by atoms with Crippen molar-refractivity contribution in [2.45, 2.75) is 52.2 Å². The number of hydrogen-bond donors (Lipinski definition) is 3. The van der Waals surface area contributed by atoms with Gasteiger partial charge in [-0.3, -0.25) is 0 Å². The molecule has 2 rings (SSSR count). The summed E-state index contributed by atoms with van der Waals surface area (Å²) in [6.07, 6.45) is 2.21. The summed E-state index contributed by atoms with van der Waals surface area (Å²) in [5, 5.41) is 15.7. The summed E-state index contributed by atoms with van der Waals surface area (Å²) in [6.45, 7) is 8.08. The summed E-state index contributed by atoms with van der Waals surface area (Å²) in [4.78, 5) is 18.8. The largest absolute Gasteiger partial charge is 0.391 e. The van der Waals surface area contributed by atoms with Gasteiger partial charge in [-0.2, -0.15) is 0 Å². The first-order valence-corrected chi connectivity index (χ1v) is 8.90. The van der Waals surface area contributed by atoms with Crippen LogP contribution < -0.4 is 15.5 Å². The van der Waals surface area contributed by atoms with Gasteiger partial charge in [0.2, 0.25) is 0 Å². The molecule has 0 spiro atoms. The molecule has 0 saturated carbocycles. The van der Waals surface area contributed by atoms with Gasteiger partial charge in [-0.15, -0.1) is 0 Å².